The number of likely N-dealkylation sites (N-methyl/N-ethyl adjacent to an activating group) is 1. The van der Waals surface area contributed by atoms with Crippen LogP contribution in [0.15, 0.2) is 0 Å². The Bertz CT molecular complexity index is 260. The Morgan fingerprint density at radius 3 is 2.28 bits per heavy atom. The minimum Gasteiger partial charge on any atom is -0.468 e. The predicted octanol–water partition coefficient (Wildman–Crippen LogP) is 1.60. The van der Waals surface area contributed by atoms with Crippen LogP contribution in [-0.4, -0.2) is 49.7 Å². The van der Waals surface area contributed by atoms with Gasteiger partial charge in [-0.15, -0.1) is 0 Å². The third kappa shape index (κ3) is 7.27. The van der Waals surface area contributed by atoms with Crippen LogP contribution in [0.4, 0.5) is 0 Å². The molecule has 18 heavy (non-hydrogen) atoms. The molecule has 5 nitrogen and oxygen atoms in total. The van der Waals surface area contributed by atoms with Crippen LogP contribution in [0.25, 0.3) is 0 Å². The lowest BCUT2D eigenvalue weighted by atomic mass is 10.0. The van der Waals surface area contributed by atoms with Gasteiger partial charge in [0.05, 0.1) is 7.11 Å². The van der Waals surface area contributed by atoms with Gasteiger partial charge in [-0.25, -0.2) is 0 Å². The maximum atomic E-state index is 11.1. The molecule has 1 aliphatic rings. The van der Waals surface area contributed by atoms with Crippen LogP contribution in [0.5, 0.6) is 0 Å². The maximum absolute atomic E-state index is 11.1. The fourth-order valence-electron chi connectivity index (χ4n) is 1.65. The number of nitrogens with zero attached hydrogens (tertiary/aromatic N) is 1. The summed E-state index contributed by atoms with van der Waals surface area (Å²) in [5, 5.41) is 0. The Morgan fingerprint density at radius 2 is 1.94 bits per heavy atom. The third-order valence-corrected chi connectivity index (χ3v) is 2.65. The minimum absolute atomic E-state index is 0.00810. The summed E-state index contributed by atoms with van der Waals surface area (Å²) in [6.45, 7) is 6.93. The van der Waals surface area contributed by atoms with Crippen molar-refractivity contribution in [1.82, 2.24) is 4.90 Å². The van der Waals surface area contributed by atoms with E-state index >= 15 is 0 Å². The van der Waals surface area contributed by atoms with Crippen molar-refractivity contribution in [3.05, 3.63) is 0 Å². The highest BCUT2D eigenvalue weighted by Gasteiger charge is 2.25. The Morgan fingerprint density at radius 1 is 1.33 bits per heavy atom. The monoisotopic (exact) mass is 259 g/mol. The van der Waals surface area contributed by atoms with Crippen molar-refractivity contribution >= 4 is 12.4 Å². The molecule has 0 bridgehead atoms. The summed E-state index contributed by atoms with van der Waals surface area (Å²) in [5.41, 5.74) is -0.318. The zero-order valence-corrected chi connectivity index (χ0v) is 12.1. The number of likely N-dealkylation sites (tertiary alicyclic amines) is 1. The Balaban J connectivity index is 0.000000360. The molecule has 1 unspecified atom stereocenters. The highest BCUT2D eigenvalue weighted by Crippen LogP contribution is 2.15. The lowest BCUT2D eigenvalue weighted by Gasteiger charge is -2.29. The van der Waals surface area contributed by atoms with Crippen LogP contribution in [0.1, 0.15) is 40.0 Å². The molecule has 0 aliphatic carbocycles. The molecule has 1 atom stereocenters. The summed E-state index contributed by atoms with van der Waals surface area (Å²) in [7, 11) is 3.42. The van der Waals surface area contributed by atoms with Crippen LogP contribution in [-0.2, 0) is 19.1 Å². The average molecular weight is 259 g/mol. The van der Waals surface area contributed by atoms with E-state index in [1.54, 1.807) is 0 Å². The van der Waals surface area contributed by atoms with Crippen LogP contribution < -0.4 is 0 Å². The number of carbonyl (C=O) groups excluding carboxylic acids is 2. The van der Waals surface area contributed by atoms with Gasteiger partial charge in [0, 0.05) is 0 Å². The van der Waals surface area contributed by atoms with Crippen molar-refractivity contribution in [2.24, 2.45) is 0 Å². The first kappa shape index (κ1) is 16.9. The molecule has 1 rings (SSSR count). The van der Waals surface area contributed by atoms with E-state index in [0.717, 1.165) is 19.4 Å². The molecule has 1 aliphatic heterocycles. The number of piperidine rings is 1. The van der Waals surface area contributed by atoms with E-state index in [0.29, 0.717) is 6.47 Å². The van der Waals surface area contributed by atoms with Gasteiger partial charge < -0.3 is 9.47 Å². The van der Waals surface area contributed by atoms with E-state index in [1.807, 2.05) is 27.8 Å². The van der Waals surface area contributed by atoms with Crippen molar-refractivity contribution in [2.45, 2.75) is 51.7 Å². The number of esters is 1. The van der Waals surface area contributed by atoms with Crippen LogP contribution in [0.3, 0.4) is 0 Å². The topological polar surface area (TPSA) is 55.8 Å². The van der Waals surface area contributed by atoms with Crippen molar-refractivity contribution in [1.29, 1.82) is 0 Å². The van der Waals surface area contributed by atoms with Gasteiger partial charge >= 0.3 is 5.97 Å². The zero-order chi connectivity index (χ0) is 14.2. The second-order valence-electron chi connectivity index (χ2n) is 5.34. The average Bonchev–Trinajstić information content (AvgIpc) is 2.28. The van der Waals surface area contributed by atoms with Crippen LogP contribution in [0.2, 0.25) is 0 Å². The van der Waals surface area contributed by atoms with E-state index in [-0.39, 0.29) is 17.6 Å². The first-order valence-electron chi connectivity index (χ1n) is 6.21. The second-order valence-corrected chi connectivity index (χ2v) is 5.34. The molecule has 1 heterocycles. The van der Waals surface area contributed by atoms with Gasteiger partial charge in [0.2, 0.25) is 0 Å². The molecule has 0 aromatic carbocycles. The smallest absolute Gasteiger partial charge is 0.323 e. The van der Waals surface area contributed by atoms with E-state index in [9.17, 15) is 9.59 Å². The van der Waals surface area contributed by atoms with Crippen molar-refractivity contribution < 1.29 is 19.1 Å². The molecule has 0 spiro atoms. The van der Waals surface area contributed by atoms with Gasteiger partial charge in [0.25, 0.3) is 6.47 Å². The lowest BCUT2D eigenvalue weighted by molar-refractivity contribution is -0.147. The maximum Gasteiger partial charge on any atom is 0.323 e. The molecule has 1 saturated heterocycles. The Kier molecular flexibility index (Phi) is 7.59. The van der Waals surface area contributed by atoms with Gasteiger partial charge in [-0.3, -0.25) is 14.5 Å². The van der Waals surface area contributed by atoms with E-state index in [4.69, 9.17) is 0 Å². The molecule has 0 radical (unpaired) electrons. The standard InChI is InChI=1S/C8H15NO2.C5H10O2/c1-9-6-4-3-5-7(9)8(10)11-2;1-5(2,3)7-4-6/h7H,3-6H2,1-2H3;4H,1-3H3. The molecule has 106 valence electrons. The molecular formula is C13H25NO4. The molecule has 0 aromatic rings. The first-order valence-corrected chi connectivity index (χ1v) is 6.21. The number of ether oxygens (including phenoxy) is 2. The van der Waals surface area contributed by atoms with E-state index in [2.05, 4.69) is 14.4 Å². The second kappa shape index (κ2) is 8.08. The largest absolute Gasteiger partial charge is 0.468 e. The lowest BCUT2D eigenvalue weighted by Crippen LogP contribution is -2.42. The Hall–Kier alpha value is -1.10. The number of carbonyl (C=O) groups is 2. The summed E-state index contributed by atoms with van der Waals surface area (Å²) in [6, 6.07) is 0.00810. The van der Waals surface area contributed by atoms with Gasteiger partial charge in [-0.2, -0.15) is 0 Å². The molecule has 0 aromatic heterocycles. The number of methoxy groups -OCH3 is 1. The summed E-state index contributed by atoms with van der Waals surface area (Å²) in [4.78, 5) is 22.8. The summed E-state index contributed by atoms with van der Waals surface area (Å²) >= 11 is 0. The van der Waals surface area contributed by atoms with Crippen LogP contribution in [0, 0.1) is 0 Å². The molecule has 1 fully saturated rings. The van der Waals surface area contributed by atoms with Crippen molar-refractivity contribution in [3.8, 4) is 0 Å². The predicted molar refractivity (Wildman–Crippen MR) is 69.2 cm³/mol. The third-order valence-electron chi connectivity index (χ3n) is 2.65. The number of rotatable bonds is 2. The van der Waals surface area contributed by atoms with Crippen molar-refractivity contribution in [3.63, 3.8) is 0 Å². The van der Waals surface area contributed by atoms with E-state index < -0.39 is 0 Å². The molecule has 0 N–H and O–H groups in total. The first-order chi connectivity index (χ1) is 8.31. The zero-order valence-electron chi connectivity index (χ0n) is 12.1. The highest BCUT2D eigenvalue weighted by atomic mass is 16.5. The minimum atomic E-state index is -0.318. The number of hydrogen-bond donors (Lipinski definition) is 0. The quantitative estimate of drug-likeness (QED) is 0.557. The highest BCUT2D eigenvalue weighted by molar-refractivity contribution is 5.75. The fourth-order valence-corrected chi connectivity index (χ4v) is 1.65. The van der Waals surface area contributed by atoms with Gasteiger partial charge in [0.1, 0.15) is 11.6 Å². The molecule has 5 heteroatoms. The summed E-state index contributed by atoms with van der Waals surface area (Å²) in [5.74, 6) is -0.0906. The van der Waals surface area contributed by atoms with Gasteiger partial charge in [-0.05, 0) is 47.2 Å². The van der Waals surface area contributed by atoms with Gasteiger partial charge in [-0.1, -0.05) is 6.42 Å². The normalized spacial score (nSPS) is 20.4. The van der Waals surface area contributed by atoms with Crippen LogP contribution >= 0.6 is 0 Å². The fraction of sp³-hybridized carbons (Fsp3) is 0.846. The summed E-state index contributed by atoms with van der Waals surface area (Å²) in [6.07, 6.45) is 3.29. The van der Waals surface area contributed by atoms with Crippen molar-refractivity contribution in [2.75, 3.05) is 20.7 Å². The molecule has 0 amide bonds. The molecule has 0 saturated carbocycles. The number of hydrogen-bond acceptors (Lipinski definition) is 5. The SMILES string of the molecule is CC(C)(C)OC=O.COC(=O)C1CCCCN1C. The van der Waals surface area contributed by atoms with Gasteiger partial charge in [0.15, 0.2) is 0 Å². The van der Waals surface area contributed by atoms with E-state index in [1.165, 1.54) is 13.5 Å². The Labute approximate surface area is 109 Å². The molecular weight excluding hydrogens is 234 g/mol. The summed E-state index contributed by atoms with van der Waals surface area (Å²) < 4.78 is 9.23.